The lowest BCUT2D eigenvalue weighted by atomic mass is 10.0. The molecule has 0 saturated heterocycles. The third-order valence-electron chi connectivity index (χ3n) is 3.33. The molecule has 1 aliphatic rings. The molecule has 102 valence electrons. The number of hydrogen-bond donors (Lipinski definition) is 0. The molecule has 0 N–H and O–H groups in total. The van der Waals surface area contributed by atoms with E-state index in [-0.39, 0.29) is 5.97 Å². The van der Waals surface area contributed by atoms with Crippen molar-refractivity contribution in [2.24, 2.45) is 0 Å². The van der Waals surface area contributed by atoms with Gasteiger partial charge in [0.25, 0.3) is 0 Å². The summed E-state index contributed by atoms with van der Waals surface area (Å²) < 4.78 is 5.16. The van der Waals surface area contributed by atoms with E-state index in [2.05, 4.69) is 19.1 Å². The Balaban J connectivity index is 2.74. The Morgan fingerprint density at radius 1 is 1.22 bits per heavy atom. The van der Waals surface area contributed by atoms with Gasteiger partial charge in [-0.3, -0.25) is 0 Å². The fraction of sp³-hybridized carbons (Fsp3) is 0.688. The van der Waals surface area contributed by atoms with Crippen LogP contribution in [0.1, 0.15) is 65.2 Å². The summed E-state index contributed by atoms with van der Waals surface area (Å²) in [7, 11) is 0. The molecule has 1 aliphatic carbocycles. The Labute approximate surface area is 111 Å². The standard InChI is InChI=1S/C16H26O2/c1-3-5-6-8-11-14-12-9-7-10-13-15(14)16(17)18-4-2/h8,11H,3-7,9-10,12-13H2,1-2H3/b11-8+. The highest BCUT2D eigenvalue weighted by Gasteiger charge is 2.17. The molecule has 0 saturated carbocycles. The van der Waals surface area contributed by atoms with Crippen LogP contribution in [0.3, 0.4) is 0 Å². The van der Waals surface area contributed by atoms with Gasteiger partial charge in [-0.2, -0.15) is 0 Å². The van der Waals surface area contributed by atoms with Gasteiger partial charge in [0.2, 0.25) is 0 Å². The number of hydrogen-bond acceptors (Lipinski definition) is 2. The predicted octanol–water partition coefficient (Wildman–Crippen LogP) is 4.56. The topological polar surface area (TPSA) is 26.3 Å². The number of carbonyl (C=O) groups is 1. The van der Waals surface area contributed by atoms with E-state index in [0.29, 0.717) is 6.61 Å². The molecule has 0 unspecified atom stereocenters. The largest absolute Gasteiger partial charge is 0.463 e. The van der Waals surface area contributed by atoms with Crippen LogP contribution in [0.25, 0.3) is 0 Å². The van der Waals surface area contributed by atoms with E-state index in [1.165, 1.54) is 31.3 Å². The molecule has 1 rings (SSSR count). The van der Waals surface area contributed by atoms with E-state index in [9.17, 15) is 4.79 Å². The Hall–Kier alpha value is -1.05. The minimum atomic E-state index is -0.102. The van der Waals surface area contributed by atoms with E-state index in [4.69, 9.17) is 4.74 Å². The summed E-state index contributed by atoms with van der Waals surface area (Å²) in [5.41, 5.74) is 2.13. The van der Waals surface area contributed by atoms with Crippen molar-refractivity contribution in [3.8, 4) is 0 Å². The first-order chi connectivity index (χ1) is 8.79. The summed E-state index contributed by atoms with van der Waals surface area (Å²) in [6, 6.07) is 0. The molecule has 0 amide bonds. The first-order valence-corrected chi connectivity index (χ1v) is 7.35. The van der Waals surface area contributed by atoms with Gasteiger partial charge in [0.15, 0.2) is 0 Å². The molecule has 18 heavy (non-hydrogen) atoms. The molecule has 0 heterocycles. The summed E-state index contributed by atoms with van der Waals surface area (Å²) in [5, 5.41) is 0. The molecule has 2 nitrogen and oxygen atoms in total. The summed E-state index contributed by atoms with van der Waals surface area (Å²) in [5.74, 6) is -0.102. The molecule has 0 fully saturated rings. The Bertz CT molecular complexity index is 313. The zero-order valence-corrected chi connectivity index (χ0v) is 11.8. The number of rotatable bonds is 6. The van der Waals surface area contributed by atoms with Gasteiger partial charge < -0.3 is 4.74 Å². The van der Waals surface area contributed by atoms with E-state index in [1.54, 1.807) is 0 Å². The van der Waals surface area contributed by atoms with Crippen molar-refractivity contribution < 1.29 is 9.53 Å². The third-order valence-corrected chi connectivity index (χ3v) is 3.33. The summed E-state index contributed by atoms with van der Waals surface area (Å²) in [6.45, 7) is 4.53. The van der Waals surface area contributed by atoms with E-state index >= 15 is 0 Å². The molecule has 0 bridgehead atoms. The summed E-state index contributed by atoms with van der Waals surface area (Å²) >= 11 is 0. The van der Waals surface area contributed by atoms with Gasteiger partial charge in [0.1, 0.15) is 0 Å². The van der Waals surface area contributed by atoms with Crippen LogP contribution in [0.2, 0.25) is 0 Å². The zero-order valence-electron chi connectivity index (χ0n) is 11.8. The molecule has 0 radical (unpaired) electrons. The van der Waals surface area contributed by atoms with Gasteiger partial charge >= 0.3 is 5.97 Å². The van der Waals surface area contributed by atoms with E-state index in [0.717, 1.165) is 31.3 Å². The van der Waals surface area contributed by atoms with Gasteiger partial charge in [-0.05, 0) is 44.6 Å². The zero-order chi connectivity index (χ0) is 13.2. The second kappa shape index (κ2) is 8.96. The molecule has 0 aromatic rings. The van der Waals surface area contributed by atoms with Crippen molar-refractivity contribution in [2.45, 2.75) is 65.2 Å². The van der Waals surface area contributed by atoms with Crippen LogP contribution in [0, 0.1) is 0 Å². The maximum atomic E-state index is 11.9. The fourth-order valence-electron chi connectivity index (χ4n) is 2.29. The minimum absolute atomic E-state index is 0.102. The van der Waals surface area contributed by atoms with Crippen molar-refractivity contribution in [2.75, 3.05) is 6.61 Å². The monoisotopic (exact) mass is 250 g/mol. The summed E-state index contributed by atoms with van der Waals surface area (Å²) in [6.07, 6.45) is 13.3. The van der Waals surface area contributed by atoms with Crippen molar-refractivity contribution in [3.63, 3.8) is 0 Å². The van der Waals surface area contributed by atoms with Gasteiger partial charge in [0.05, 0.1) is 6.61 Å². The summed E-state index contributed by atoms with van der Waals surface area (Å²) in [4.78, 5) is 11.9. The van der Waals surface area contributed by atoms with Crippen LogP contribution in [0.5, 0.6) is 0 Å². The lowest BCUT2D eigenvalue weighted by Crippen LogP contribution is -2.09. The average molecular weight is 250 g/mol. The third kappa shape index (κ3) is 5.07. The van der Waals surface area contributed by atoms with Crippen molar-refractivity contribution in [1.82, 2.24) is 0 Å². The van der Waals surface area contributed by atoms with Crippen LogP contribution < -0.4 is 0 Å². The first-order valence-electron chi connectivity index (χ1n) is 7.35. The maximum absolute atomic E-state index is 11.9. The first kappa shape index (κ1) is 15.0. The number of carbonyl (C=O) groups excluding carboxylic acids is 1. The molecule has 0 aromatic heterocycles. The maximum Gasteiger partial charge on any atom is 0.334 e. The van der Waals surface area contributed by atoms with Gasteiger partial charge in [-0.15, -0.1) is 0 Å². The Kier molecular flexibility index (Phi) is 7.47. The van der Waals surface area contributed by atoms with Crippen LogP contribution in [-0.2, 0) is 9.53 Å². The molecule has 0 spiro atoms. The van der Waals surface area contributed by atoms with Gasteiger partial charge in [-0.1, -0.05) is 38.3 Å². The minimum Gasteiger partial charge on any atom is -0.463 e. The normalized spacial score (nSPS) is 17.0. The SMILES string of the molecule is CCCC/C=C/C1=C(C(=O)OCC)CCCCC1. The predicted molar refractivity (Wildman–Crippen MR) is 75.4 cm³/mol. The number of ether oxygens (including phenoxy) is 1. The fourth-order valence-corrected chi connectivity index (χ4v) is 2.29. The highest BCUT2D eigenvalue weighted by molar-refractivity contribution is 5.90. The van der Waals surface area contributed by atoms with Crippen LogP contribution >= 0.6 is 0 Å². The van der Waals surface area contributed by atoms with Crippen molar-refractivity contribution in [3.05, 3.63) is 23.3 Å². The Morgan fingerprint density at radius 3 is 2.72 bits per heavy atom. The molecule has 0 atom stereocenters. The van der Waals surface area contributed by atoms with Crippen LogP contribution in [0.4, 0.5) is 0 Å². The van der Waals surface area contributed by atoms with E-state index in [1.807, 2.05) is 6.92 Å². The smallest absolute Gasteiger partial charge is 0.334 e. The average Bonchev–Trinajstić information content (AvgIpc) is 2.60. The van der Waals surface area contributed by atoms with Crippen molar-refractivity contribution in [1.29, 1.82) is 0 Å². The number of allylic oxidation sites excluding steroid dienone is 3. The molecular formula is C16H26O2. The molecule has 0 aromatic carbocycles. The molecule has 0 aliphatic heterocycles. The van der Waals surface area contributed by atoms with Gasteiger partial charge in [0, 0.05) is 5.57 Å². The number of esters is 1. The van der Waals surface area contributed by atoms with E-state index < -0.39 is 0 Å². The van der Waals surface area contributed by atoms with Gasteiger partial charge in [-0.25, -0.2) is 4.79 Å². The Morgan fingerprint density at radius 2 is 2.00 bits per heavy atom. The van der Waals surface area contributed by atoms with Crippen LogP contribution in [0.15, 0.2) is 23.3 Å². The molecular weight excluding hydrogens is 224 g/mol. The quantitative estimate of drug-likeness (QED) is 0.510. The highest BCUT2D eigenvalue weighted by Crippen LogP contribution is 2.25. The lowest BCUT2D eigenvalue weighted by molar-refractivity contribution is -0.138. The van der Waals surface area contributed by atoms with Crippen molar-refractivity contribution >= 4 is 5.97 Å². The van der Waals surface area contributed by atoms with Crippen LogP contribution in [-0.4, -0.2) is 12.6 Å². The lowest BCUT2D eigenvalue weighted by Gasteiger charge is -2.08. The number of unbranched alkanes of at least 4 members (excludes halogenated alkanes) is 2. The second-order valence-corrected chi connectivity index (χ2v) is 4.83. The highest BCUT2D eigenvalue weighted by atomic mass is 16.5. The second-order valence-electron chi connectivity index (χ2n) is 4.83. The molecule has 2 heteroatoms.